The van der Waals surface area contributed by atoms with Crippen LogP contribution in [0.3, 0.4) is 0 Å². The molecule has 0 saturated heterocycles. The maximum Gasteiger partial charge on any atom is 0.342 e. The SMILES string of the molecule is O=C(CSc1n[nH]c(=O)[nH]c1=O)NN=Cc1c[nH]c2ccccc12. The summed E-state index contributed by atoms with van der Waals surface area (Å²) in [5.74, 6) is -0.462. The van der Waals surface area contributed by atoms with Gasteiger partial charge in [0, 0.05) is 22.7 Å². The lowest BCUT2D eigenvalue weighted by molar-refractivity contribution is -0.118. The van der Waals surface area contributed by atoms with Crippen LogP contribution in [0.15, 0.2) is 50.2 Å². The van der Waals surface area contributed by atoms with E-state index < -0.39 is 17.2 Å². The minimum atomic E-state index is -0.697. The molecule has 1 amide bonds. The van der Waals surface area contributed by atoms with E-state index in [0.29, 0.717) is 0 Å². The van der Waals surface area contributed by atoms with Gasteiger partial charge < -0.3 is 4.98 Å². The van der Waals surface area contributed by atoms with Gasteiger partial charge in [-0.15, -0.1) is 0 Å². The quantitative estimate of drug-likeness (QED) is 0.297. The second kappa shape index (κ2) is 6.96. The van der Waals surface area contributed by atoms with E-state index >= 15 is 0 Å². The number of benzene rings is 1. The van der Waals surface area contributed by atoms with Crippen LogP contribution >= 0.6 is 11.8 Å². The number of aromatic nitrogens is 4. The first-order valence-electron chi connectivity index (χ1n) is 6.83. The minimum absolute atomic E-state index is 0.00496. The predicted molar refractivity (Wildman–Crippen MR) is 90.2 cm³/mol. The number of hydrogen-bond donors (Lipinski definition) is 4. The van der Waals surface area contributed by atoms with Gasteiger partial charge in [0.1, 0.15) is 0 Å². The van der Waals surface area contributed by atoms with Gasteiger partial charge in [-0.2, -0.15) is 10.2 Å². The van der Waals surface area contributed by atoms with Crippen LogP contribution < -0.4 is 16.7 Å². The molecule has 3 rings (SSSR count). The third kappa shape index (κ3) is 3.60. The van der Waals surface area contributed by atoms with Crippen molar-refractivity contribution in [3.63, 3.8) is 0 Å². The third-order valence-corrected chi connectivity index (χ3v) is 3.99. The molecule has 0 aliphatic heterocycles. The smallest absolute Gasteiger partial charge is 0.342 e. The number of H-pyrrole nitrogens is 3. The molecule has 2 heterocycles. The summed E-state index contributed by atoms with van der Waals surface area (Å²) in [4.78, 5) is 39.1. The standard InChI is InChI=1S/C14H12N6O3S/c21-11(7-24-13-12(22)17-14(23)20-19-13)18-16-6-8-5-15-10-4-2-1-3-9(8)10/h1-6,15H,7H2,(H,18,21)(H2,17,20,22,23). The average Bonchev–Trinajstić information content (AvgIpc) is 2.97. The topological polar surface area (TPSA) is 136 Å². The van der Waals surface area contributed by atoms with Crippen molar-refractivity contribution >= 4 is 34.8 Å². The number of para-hydroxylation sites is 1. The van der Waals surface area contributed by atoms with Crippen molar-refractivity contribution in [3.8, 4) is 0 Å². The Morgan fingerprint density at radius 3 is 3.00 bits per heavy atom. The first kappa shape index (κ1) is 15.7. The number of rotatable bonds is 5. The summed E-state index contributed by atoms with van der Waals surface area (Å²) in [6.07, 6.45) is 3.32. The molecule has 0 aliphatic carbocycles. The molecule has 0 spiro atoms. The number of nitrogens with one attached hydrogen (secondary N) is 4. The van der Waals surface area contributed by atoms with E-state index in [0.717, 1.165) is 28.2 Å². The van der Waals surface area contributed by atoms with Gasteiger partial charge >= 0.3 is 5.69 Å². The van der Waals surface area contributed by atoms with Gasteiger partial charge in [-0.05, 0) is 6.07 Å². The number of amides is 1. The molecule has 1 aromatic carbocycles. The van der Waals surface area contributed by atoms with Crippen molar-refractivity contribution in [3.05, 3.63) is 56.9 Å². The van der Waals surface area contributed by atoms with Crippen LogP contribution in [0.25, 0.3) is 10.9 Å². The fraction of sp³-hybridized carbons (Fsp3) is 0.0714. The fourth-order valence-electron chi connectivity index (χ4n) is 1.98. The molecule has 0 atom stereocenters. The lowest BCUT2D eigenvalue weighted by Gasteiger charge is -1.98. The lowest BCUT2D eigenvalue weighted by atomic mass is 10.2. The van der Waals surface area contributed by atoms with E-state index in [1.807, 2.05) is 29.2 Å². The molecule has 0 fully saturated rings. The zero-order valence-corrected chi connectivity index (χ0v) is 13.0. The highest BCUT2D eigenvalue weighted by Crippen LogP contribution is 2.15. The van der Waals surface area contributed by atoms with Crippen LogP contribution in [0.4, 0.5) is 0 Å². The van der Waals surface area contributed by atoms with Crippen molar-refractivity contribution in [1.82, 2.24) is 25.6 Å². The normalized spacial score (nSPS) is 11.2. The van der Waals surface area contributed by atoms with Crippen molar-refractivity contribution in [1.29, 1.82) is 0 Å². The van der Waals surface area contributed by atoms with Crippen LogP contribution in [0.1, 0.15) is 5.56 Å². The zero-order valence-electron chi connectivity index (χ0n) is 12.2. The van der Waals surface area contributed by atoms with Crippen molar-refractivity contribution in [2.24, 2.45) is 5.10 Å². The summed E-state index contributed by atoms with van der Waals surface area (Å²) in [7, 11) is 0. The van der Waals surface area contributed by atoms with E-state index in [1.165, 1.54) is 6.21 Å². The highest BCUT2D eigenvalue weighted by Gasteiger charge is 2.07. The van der Waals surface area contributed by atoms with Crippen LogP contribution in [-0.2, 0) is 4.79 Å². The Balaban J connectivity index is 1.57. The van der Waals surface area contributed by atoms with Crippen LogP contribution in [-0.4, -0.2) is 38.0 Å². The van der Waals surface area contributed by atoms with Crippen molar-refractivity contribution < 1.29 is 4.79 Å². The number of hydrazone groups is 1. The van der Waals surface area contributed by atoms with Crippen LogP contribution in [0, 0.1) is 0 Å². The zero-order chi connectivity index (χ0) is 16.9. The molecule has 24 heavy (non-hydrogen) atoms. The van der Waals surface area contributed by atoms with Gasteiger partial charge in [-0.3, -0.25) is 14.6 Å². The number of fused-ring (bicyclic) bond motifs is 1. The number of carbonyl (C=O) groups excluding carboxylic acids is 1. The average molecular weight is 344 g/mol. The van der Waals surface area contributed by atoms with Crippen LogP contribution in [0.2, 0.25) is 0 Å². The van der Waals surface area contributed by atoms with E-state index in [1.54, 1.807) is 6.20 Å². The predicted octanol–water partition coefficient (Wildman–Crippen LogP) is 0.182. The number of carbonyl (C=O) groups is 1. The highest BCUT2D eigenvalue weighted by molar-refractivity contribution is 7.99. The number of nitrogens with zero attached hydrogens (tertiary/aromatic N) is 2. The molecule has 0 radical (unpaired) electrons. The van der Waals surface area contributed by atoms with E-state index in [-0.39, 0.29) is 10.8 Å². The van der Waals surface area contributed by atoms with Crippen molar-refractivity contribution in [2.75, 3.05) is 5.75 Å². The van der Waals surface area contributed by atoms with E-state index in [9.17, 15) is 14.4 Å². The Bertz CT molecular complexity index is 1020. The molecular formula is C14H12N6O3S. The van der Waals surface area contributed by atoms with Gasteiger partial charge in [0.05, 0.1) is 12.0 Å². The molecule has 0 bridgehead atoms. The van der Waals surface area contributed by atoms with E-state index in [2.05, 4.69) is 25.7 Å². The molecule has 122 valence electrons. The highest BCUT2D eigenvalue weighted by atomic mass is 32.2. The summed E-state index contributed by atoms with van der Waals surface area (Å²) in [5, 5.41) is 10.6. The van der Waals surface area contributed by atoms with E-state index in [4.69, 9.17) is 0 Å². The summed E-state index contributed by atoms with van der Waals surface area (Å²) in [5.41, 5.74) is 2.85. The van der Waals surface area contributed by atoms with Crippen LogP contribution in [0.5, 0.6) is 0 Å². The Kier molecular flexibility index (Phi) is 4.57. The molecule has 0 aliphatic rings. The Morgan fingerprint density at radius 1 is 1.33 bits per heavy atom. The summed E-state index contributed by atoms with van der Waals surface area (Å²) in [6, 6.07) is 7.72. The van der Waals surface area contributed by atoms with Gasteiger partial charge in [-0.1, -0.05) is 30.0 Å². The molecule has 10 heteroatoms. The van der Waals surface area contributed by atoms with Gasteiger partial charge in [0.15, 0.2) is 5.03 Å². The maximum absolute atomic E-state index is 11.7. The molecule has 4 N–H and O–H groups in total. The summed E-state index contributed by atoms with van der Waals surface area (Å²) >= 11 is 0.897. The van der Waals surface area contributed by atoms with Gasteiger partial charge in [0.25, 0.3) is 5.56 Å². The summed E-state index contributed by atoms with van der Waals surface area (Å²) in [6.45, 7) is 0. The fourth-order valence-corrected chi connectivity index (χ4v) is 2.60. The Morgan fingerprint density at radius 2 is 2.17 bits per heavy atom. The lowest BCUT2D eigenvalue weighted by Crippen LogP contribution is -2.26. The minimum Gasteiger partial charge on any atom is -0.361 e. The Hall–Kier alpha value is -3.14. The molecule has 9 nitrogen and oxygen atoms in total. The number of thioether (sulfide) groups is 1. The molecular weight excluding hydrogens is 332 g/mol. The second-order valence-corrected chi connectivity index (χ2v) is 5.65. The first-order valence-corrected chi connectivity index (χ1v) is 7.82. The Labute approximate surface area is 138 Å². The van der Waals surface area contributed by atoms with Gasteiger partial charge in [-0.25, -0.2) is 15.3 Å². The first-order chi connectivity index (χ1) is 11.6. The monoisotopic (exact) mass is 344 g/mol. The molecule has 0 saturated carbocycles. The molecule has 3 aromatic rings. The number of hydrogen-bond acceptors (Lipinski definition) is 6. The molecule has 2 aromatic heterocycles. The number of aromatic amines is 3. The van der Waals surface area contributed by atoms with Crippen molar-refractivity contribution in [2.45, 2.75) is 5.03 Å². The molecule has 0 unspecified atom stereocenters. The third-order valence-electron chi connectivity index (χ3n) is 3.03. The largest absolute Gasteiger partial charge is 0.361 e. The maximum atomic E-state index is 11.7. The summed E-state index contributed by atoms with van der Waals surface area (Å²) < 4.78 is 0. The van der Waals surface area contributed by atoms with Gasteiger partial charge in [0.2, 0.25) is 5.91 Å². The second-order valence-electron chi connectivity index (χ2n) is 4.68.